The molecule has 1 atom stereocenters. The molecule has 4 heteroatoms. The van der Waals surface area contributed by atoms with Crippen LogP contribution in [0, 0.1) is 0 Å². The standard InChI is InChI=1S/C18H32N2O2/c21-17(15-18(22)9-2-1-3-10-18)20-13-6-7-16(8-14-20)19-11-4-5-12-19/h16,22H,1-15H2. The Balaban J connectivity index is 1.50. The molecule has 1 amide bonds. The predicted octanol–water partition coefficient (Wildman–Crippen LogP) is 2.55. The lowest BCUT2D eigenvalue weighted by Crippen LogP contribution is -2.41. The minimum Gasteiger partial charge on any atom is -0.389 e. The summed E-state index contributed by atoms with van der Waals surface area (Å²) < 4.78 is 0. The second-order valence-electron chi connectivity index (χ2n) is 7.67. The summed E-state index contributed by atoms with van der Waals surface area (Å²) in [5, 5.41) is 10.6. The number of hydrogen-bond acceptors (Lipinski definition) is 3. The van der Waals surface area contributed by atoms with E-state index in [2.05, 4.69) is 4.90 Å². The summed E-state index contributed by atoms with van der Waals surface area (Å²) in [6.07, 6.45) is 11.5. The SMILES string of the molecule is O=C(CC1(O)CCCCC1)N1CCCC(N2CCCC2)CC1. The van der Waals surface area contributed by atoms with E-state index in [0.717, 1.165) is 51.6 Å². The summed E-state index contributed by atoms with van der Waals surface area (Å²) in [6.45, 7) is 4.27. The van der Waals surface area contributed by atoms with Crippen LogP contribution in [0.5, 0.6) is 0 Å². The quantitative estimate of drug-likeness (QED) is 0.871. The third-order valence-corrected chi connectivity index (χ3v) is 5.97. The van der Waals surface area contributed by atoms with Gasteiger partial charge in [-0.2, -0.15) is 0 Å². The van der Waals surface area contributed by atoms with Crippen molar-refractivity contribution in [1.82, 2.24) is 9.80 Å². The molecule has 0 aromatic carbocycles. The molecule has 1 saturated carbocycles. The summed E-state index contributed by atoms with van der Waals surface area (Å²) in [4.78, 5) is 17.3. The van der Waals surface area contributed by atoms with Gasteiger partial charge in [0.25, 0.3) is 0 Å². The lowest BCUT2D eigenvalue weighted by molar-refractivity contribution is -0.137. The molecular weight excluding hydrogens is 276 g/mol. The van der Waals surface area contributed by atoms with Gasteiger partial charge in [-0.1, -0.05) is 19.3 Å². The molecule has 0 bridgehead atoms. The first-order valence-electron chi connectivity index (χ1n) is 9.41. The van der Waals surface area contributed by atoms with Crippen molar-refractivity contribution >= 4 is 5.91 Å². The fraction of sp³-hybridized carbons (Fsp3) is 0.944. The fourth-order valence-corrected chi connectivity index (χ4v) is 4.58. The third-order valence-electron chi connectivity index (χ3n) is 5.97. The van der Waals surface area contributed by atoms with Crippen molar-refractivity contribution in [3.05, 3.63) is 0 Å². The van der Waals surface area contributed by atoms with Crippen LogP contribution in [0.4, 0.5) is 0 Å². The number of rotatable bonds is 3. The number of aliphatic hydroxyl groups is 1. The van der Waals surface area contributed by atoms with E-state index in [1.165, 1.54) is 38.8 Å². The number of carbonyl (C=O) groups excluding carboxylic acids is 1. The van der Waals surface area contributed by atoms with Gasteiger partial charge < -0.3 is 14.9 Å². The van der Waals surface area contributed by atoms with E-state index in [4.69, 9.17) is 0 Å². The molecular formula is C18H32N2O2. The van der Waals surface area contributed by atoms with E-state index in [9.17, 15) is 9.90 Å². The number of likely N-dealkylation sites (tertiary alicyclic amines) is 2. The Morgan fingerprint density at radius 3 is 2.36 bits per heavy atom. The molecule has 0 aromatic rings. The molecule has 1 unspecified atom stereocenters. The van der Waals surface area contributed by atoms with Gasteiger partial charge in [0, 0.05) is 19.1 Å². The second kappa shape index (κ2) is 7.31. The normalized spacial score (nSPS) is 30.2. The van der Waals surface area contributed by atoms with Crippen LogP contribution in [0.1, 0.15) is 70.6 Å². The summed E-state index contributed by atoms with van der Waals surface area (Å²) >= 11 is 0. The summed E-state index contributed by atoms with van der Waals surface area (Å²) in [7, 11) is 0. The lowest BCUT2D eigenvalue weighted by Gasteiger charge is -2.33. The molecule has 1 aliphatic carbocycles. The zero-order valence-electron chi connectivity index (χ0n) is 13.9. The van der Waals surface area contributed by atoms with Crippen LogP contribution in [0.25, 0.3) is 0 Å². The Labute approximate surface area is 134 Å². The smallest absolute Gasteiger partial charge is 0.225 e. The monoisotopic (exact) mass is 308 g/mol. The Hall–Kier alpha value is -0.610. The van der Waals surface area contributed by atoms with E-state index in [1.54, 1.807) is 0 Å². The highest BCUT2D eigenvalue weighted by Gasteiger charge is 2.34. The number of nitrogens with zero attached hydrogens (tertiary/aromatic N) is 2. The van der Waals surface area contributed by atoms with Crippen LogP contribution in [0.3, 0.4) is 0 Å². The maximum absolute atomic E-state index is 12.6. The van der Waals surface area contributed by atoms with Crippen LogP contribution in [0.2, 0.25) is 0 Å². The van der Waals surface area contributed by atoms with Crippen molar-refractivity contribution in [2.75, 3.05) is 26.2 Å². The number of amides is 1. The Kier molecular flexibility index (Phi) is 5.40. The van der Waals surface area contributed by atoms with Crippen LogP contribution in [-0.2, 0) is 4.79 Å². The lowest BCUT2D eigenvalue weighted by atomic mass is 9.82. The first-order valence-corrected chi connectivity index (χ1v) is 9.41. The second-order valence-corrected chi connectivity index (χ2v) is 7.67. The molecule has 126 valence electrons. The van der Waals surface area contributed by atoms with Crippen molar-refractivity contribution < 1.29 is 9.90 Å². The summed E-state index contributed by atoms with van der Waals surface area (Å²) in [6, 6.07) is 0.679. The van der Waals surface area contributed by atoms with E-state index in [1.807, 2.05) is 4.90 Å². The molecule has 4 nitrogen and oxygen atoms in total. The van der Waals surface area contributed by atoms with Crippen molar-refractivity contribution in [1.29, 1.82) is 0 Å². The largest absolute Gasteiger partial charge is 0.389 e. The molecule has 0 spiro atoms. The van der Waals surface area contributed by atoms with Gasteiger partial charge in [0.2, 0.25) is 5.91 Å². The number of carbonyl (C=O) groups is 1. The van der Waals surface area contributed by atoms with Gasteiger partial charge in [-0.05, 0) is 58.0 Å². The van der Waals surface area contributed by atoms with Gasteiger partial charge in [0.1, 0.15) is 0 Å². The van der Waals surface area contributed by atoms with Gasteiger partial charge in [0.15, 0.2) is 0 Å². The average molecular weight is 308 g/mol. The van der Waals surface area contributed by atoms with Gasteiger partial charge in [-0.25, -0.2) is 0 Å². The Morgan fingerprint density at radius 2 is 1.64 bits per heavy atom. The van der Waals surface area contributed by atoms with Crippen molar-refractivity contribution in [2.24, 2.45) is 0 Å². The summed E-state index contributed by atoms with van der Waals surface area (Å²) in [5.74, 6) is 0.187. The van der Waals surface area contributed by atoms with Gasteiger partial charge in [-0.15, -0.1) is 0 Å². The average Bonchev–Trinajstić information content (AvgIpc) is 2.92. The first kappa shape index (κ1) is 16.3. The molecule has 2 heterocycles. The van der Waals surface area contributed by atoms with E-state index < -0.39 is 5.60 Å². The highest BCUT2D eigenvalue weighted by atomic mass is 16.3. The summed E-state index contributed by atoms with van der Waals surface area (Å²) in [5.41, 5.74) is -0.712. The molecule has 2 aliphatic heterocycles. The van der Waals surface area contributed by atoms with E-state index in [-0.39, 0.29) is 5.91 Å². The third kappa shape index (κ3) is 4.02. The molecule has 0 radical (unpaired) electrons. The fourth-order valence-electron chi connectivity index (χ4n) is 4.58. The Morgan fingerprint density at radius 1 is 0.909 bits per heavy atom. The van der Waals surface area contributed by atoms with Crippen LogP contribution < -0.4 is 0 Å². The minimum atomic E-state index is -0.712. The predicted molar refractivity (Wildman–Crippen MR) is 87.7 cm³/mol. The van der Waals surface area contributed by atoms with Crippen molar-refractivity contribution in [3.8, 4) is 0 Å². The molecule has 2 saturated heterocycles. The van der Waals surface area contributed by atoms with Crippen LogP contribution >= 0.6 is 0 Å². The maximum atomic E-state index is 12.6. The molecule has 22 heavy (non-hydrogen) atoms. The topological polar surface area (TPSA) is 43.8 Å². The van der Waals surface area contributed by atoms with Gasteiger partial charge in [-0.3, -0.25) is 4.79 Å². The first-order chi connectivity index (χ1) is 10.7. The number of hydrogen-bond donors (Lipinski definition) is 1. The molecule has 3 rings (SSSR count). The highest BCUT2D eigenvalue weighted by molar-refractivity contribution is 5.77. The molecule has 3 aliphatic rings. The molecule has 1 N–H and O–H groups in total. The van der Waals surface area contributed by atoms with Crippen molar-refractivity contribution in [2.45, 2.75) is 82.3 Å². The molecule has 0 aromatic heterocycles. The van der Waals surface area contributed by atoms with E-state index in [0.29, 0.717) is 12.5 Å². The Bertz CT molecular complexity index is 373. The minimum absolute atomic E-state index is 0.187. The molecule has 3 fully saturated rings. The van der Waals surface area contributed by atoms with Crippen LogP contribution in [-0.4, -0.2) is 58.6 Å². The highest BCUT2D eigenvalue weighted by Crippen LogP contribution is 2.32. The van der Waals surface area contributed by atoms with E-state index >= 15 is 0 Å². The van der Waals surface area contributed by atoms with Crippen LogP contribution in [0.15, 0.2) is 0 Å². The van der Waals surface area contributed by atoms with Gasteiger partial charge in [0.05, 0.1) is 12.0 Å². The van der Waals surface area contributed by atoms with Crippen molar-refractivity contribution in [3.63, 3.8) is 0 Å². The zero-order chi connectivity index (χ0) is 15.4. The maximum Gasteiger partial charge on any atom is 0.225 e. The zero-order valence-corrected chi connectivity index (χ0v) is 13.9. The van der Waals surface area contributed by atoms with Gasteiger partial charge >= 0.3 is 0 Å².